The number of nitrogens with zero attached hydrogens (tertiary/aromatic N) is 2. The van der Waals surface area contributed by atoms with Gasteiger partial charge in [-0.05, 0) is 24.3 Å². The van der Waals surface area contributed by atoms with E-state index in [0.717, 1.165) is 30.1 Å². The lowest BCUT2D eigenvalue weighted by molar-refractivity contribution is -0.137. The van der Waals surface area contributed by atoms with Gasteiger partial charge in [-0.15, -0.1) is 0 Å². The third kappa shape index (κ3) is 2.82. The Morgan fingerprint density at radius 3 is 2.72 bits per heavy atom. The van der Waals surface area contributed by atoms with E-state index < -0.39 is 11.7 Å². The Morgan fingerprint density at radius 2 is 2.17 bits per heavy atom. The maximum absolute atomic E-state index is 12.7. The van der Waals surface area contributed by atoms with E-state index in [4.69, 9.17) is 5.73 Å². The lowest BCUT2D eigenvalue weighted by Gasteiger charge is -2.25. The standard InChI is InChI=1S/C11H14F3N3S/c1-17(8-2-3-18-6-8)10-5-7(11(12,13)14)4-9(15)16-10/h4-5,8H,2-3,6H2,1H3,(H2,15,16). The van der Waals surface area contributed by atoms with Crippen molar-refractivity contribution in [2.45, 2.75) is 18.6 Å². The van der Waals surface area contributed by atoms with Crippen molar-refractivity contribution < 1.29 is 13.2 Å². The van der Waals surface area contributed by atoms with Crippen molar-refractivity contribution in [3.05, 3.63) is 17.7 Å². The first-order valence-electron chi connectivity index (χ1n) is 5.53. The van der Waals surface area contributed by atoms with Crippen molar-refractivity contribution in [1.29, 1.82) is 0 Å². The molecule has 0 spiro atoms. The molecule has 100 valence electrons. The number of nitrogens with two attached hydrogens (primary N) is 1. The highest BCUT2D eigenvalue weighted by molar-refractivity contribution is 7.99. The van der Waals surface area contributed by atoms with Crippen LogP contribution in [0.2, 0.25) is 0 Å². The van der Waals surface area contributed by atoms with Crippen LogP contribution in [0.4, 0.5) is 24.8 Å². The minimum absolute atomic E-state index is 0.0997. The van der Waals surface area contributed by atoms with Crippen LogP contribution >= 0.6 is 11.8 Å². The van der Waals surface area contributed by atoms with Gasteiger partial charge in [-0.2, -0.15) is 24.9 Å². The summed E-state index contributed by atoms with van der Waals surface area (Å²) in [6, 6.07) is 2.14. The van der Waals surface area contributed by atoms with Gasteiger partial charge in [0.25, 0.3) is 0 Å². The molecule has 1 aromatic rings. The van der Waals surface area contributed by atoms with Gasteiger partial charge in [-0.1, -0.05) is 0 Å². The van der Waals surface area contributed by atoms with Crippen LogP contribution in [0.3, 0.4) is 0 Å². The average molecular weight is 277 g/mol. The van der Waals surface area contributed by atoms with E-state index in [1.54, 1.807) is 23.7 Å². The van der Waals surface area contributed by atoms with Crippen LogP contribution < -0.4 is 10.6 Å². The minimum atomic E-state index is -4.39. The Kier molecular flexibility index (Phi) is 3.61. The molecule has 1 saturated heterocycles. The number of rotatable bonds is 2. The second kappa shape index (κ2) is 4.87. The number of pyridine rings is 1. The van der Waals surface area contributed by atoms with Crippen LogP contribution in [0.5, 0.6) is 0 Å². The summed E-state index contributed by atoms with van der Waals surface area (Å²) in [4.78, 5) is 5.77. The fourth-order valence-corrected chi connectivity index (χ4v) is 3.16. The van der Waals surface area contributed by atoms with Gasteiger partial charge in [-0.25, -0.2) is 4.98 Å². The van der Waals surface area contributed by atoms with Gasteiger partial charge in [0.05, 0.1) is 5.56 Å². The highest BCUT2D eigenvalue weighted by Gasteiger charge is 2.32. The van der Waals surface area contributed by atoms with Crippen LogP contribution in [-0.2, 0) is 6.18 Å². The smallest absolute Gasteiger partial charge is 0.384 e. The zero-order valence-corrected chi connectivity index (χ0v) is 10.7. The molecule has 0 radical (unpaired) electrons. The number of nitrogen functional groups attached to an aromatic ring is 1. The third-order valence-electron chi connectivity index (χ3n) is 2.97. The van der Waals surface area contributed by atoms with E-state index in [1.807, 2.05) is 0 Å². The summed E-state index contributed by atoms with van der Waals surface area (Å²) in [5.74, 6) is 2.13. The maximum atomic E-state index is 12.7. The summed E-state index contributed by atoms with van der Waals surface area (Å²) in [5.41, 5.74) is 4.70. The second-order valence-corrected chi connectivity index (χ2v) is 5.41. The SMILES string of the molecule is CN(c1cc(C(F)(F)F)cc(N)n1)C1CCSC1. The normalized spacial score (nSPS) is 20.1. The predicted molar refractivity (Wildman–Crippen MR) is 67.8 cm³/mol. The van der Waals surface area contributed by atoms with Gasteiger partial charge < -0.3 is 10.6 Å². The molecule has 1 atom stereocenters. The van der Waals surface area contributed by atoms with Crippen LogP contribution in [0.1, 0.15) is 12.0 Å². The van der Waals surface area contributed by atoms with Crippen molar-refractivity contribution in [1.82, 2.24) is 4.98 Å². The number of alkyl halides is 3. The Labute approximate surface area is 108 Å². The van der Waals surface area contributed by atoms with Crippen molar-refractivity contribution in [3.8, 4) is 0 Å². The summed E-state index contributed by atoms with van der Waals surface area (Å²) in [6.07, 6.45) is -3.43. The quantitative estimate of drug-likeness (QED) is 0.902. The maximum Gasteiger partial charge on any atom is 0.416 e. The van der Waals surface area contributed by atoms with E-state index in [-0.39, 0.29) is 17.7 Å². The molecule has 7 heteroatoms. The van der Waals surface area contributed by atoms with Gasteiger partial charge in [0.15, 0.2) is 0 Å². The van der Waals surface area contributed by atoms with Crippen LogP contribution in [0, 0.1) is 0 Å². The monoisotopic (exact) mass is 277 g/mol. The fraction of sp³-hybridized carbons (Fsp3) is 0.545. The van der Waals surface area contributed by atoms with Crippen molar-refractivity contribution >= 4 is 23.4 Å². The Balaban J connectivity index is 2.29. The molecular formula is C11H14F3N3S. The molecule has 1 fully saturated rings. The van der Waals surface area contributed by atoms with E-state index in [1.165, 1.54) is 0 Å². The molecule has 3 nitrogen and oxygen atoms in total. The molecule has 1 aliphatic rings. The zero-order valence-electron chi connectivity index (χ0n) is 9.87. The van der Waals surface area contributed by atoms with Crippen LogP contribution in [0.25, 0.3) is 0 Å². The topological polar surface area (TPSA) is 42.1 Å². The summed E-state index contributed by atoms with van der Waals surface area (Å²) in [7, 11) is 1.76. The van der Waals surface area contributed by atoms with Gasteiger partial charge >= 0.3 is 6.18 Å². The Bertz CT molecular complexity index is 430. The second-order valence-electron chi connectivity index (χ2n) is 4.26. The highest BCUT2D eigenvalue weighted by atomic mass is 32.2. The van der Waals surface area contributed by atoms with E-state index in [0.29, 0.717) is 0 Å². The summed E-state index contributed by atoms with van der Waals surface area (Å²) in [6.45, 7) is 0. The molecule has 0 bridgehead atoms. The molecule has 1 aromatic heterocycles. The Morgan fingerprint density at radius 1 is 1.44 bits per heavy atom. The third-order valence-corrected chi connectivity index (χ3v) is 4.12. The largest absolute Gasteiger partial charge is 0.416 e. The lowest BCUT2D eigenvalue weighted by Crippen LogP contribution is -2.32. The number of thioether (sulfide) groups is 1. The number of anilines is 2. The van der Waals surface area contributed by atoms with Crippen LogP contribution in [-0.4, -0.2) is 29.6 Å². The van der Waals surface area contributed by atoms with E-state index >= 15 is 0 Å². The molecular weight excluding hydrogens is 263 g/mol. The first kappa shape index (κ1) is 13.3. The molecule has 2 heterocycles. The van der Waals surface area contributed by atoms with Crippen molar-refractivity contribution in [3.63, 3.8) is 0 Å². The molecule has 0 aromatic carbocycles. The van der Waals surface area contributed by atoms with Crippen LogP contribution in [0.15, 0.2) is 12.1 Å². The van der Waals surface area contributed by atoms with Gasteiger partial charge in [0.2, 0.25) is 0 Å². The lowest BCUT2D eigenvalue weighted by atomic mass is 10.2. The molecule has 0 aliphatic carbocycles. The number of halogens is 3. The Hall–Kier alpha value is -1.11. The van der Waals surface area contributed by atoms with E-state index in [2.05, 4.69) is 4.98 Å². The molecule has 0 amide bonds. The van der Waals surface area contributed by atoms with Crippen molar-refractivity contribution in [2.24, 2.45) is 0 Å². The first-order chi connectivity index (χ1) is 8.38. The molecule has 1 unspecified atom stereocenters. The minimum Gasteiger partial charge on any atom is -0.384 e. The molecule has 0 saturated carbocycles. The summed E-state index contributed by atoms with van der Waals surface area (Å²) < 4.78 is 38.0. The average Bonchev–Trinajstić information content (AvgIpc) is 2.79. The van der Waals surface area contributed by atoms with Gasteiger partial charge in [0.1, 0.15) is 11.6 Å². The zero-order chi connectivity index (χ0) is 13.3. The number of aromatic nitrogens is 1. The molecule has 2 N–H and O–H groups in total. The van der Waals surface area contributed by atoms with Crippen molar-refractivity contribution in [2.75, 3.05) is 29.2 Å². The number of hydrogen-bond acceptors (Lipinski definition) is 4. The summed E-state index contributed by atoms with van der Waals surface area (Å²) in [5, 5.41) is 0. The molecule has 18 heavy (non-hydrogen) atoms. The van der Waals surface area contributed by atoms with Gasteiger partial charge in [0, 0.05) is 18.8 Å². The fourth-order valence-electron chi connectivity index (χ4n) is 1.90. The number of hydrogen-bond donors (Lipinski definition) is 1. The molecule has 2 rings (SSSR count). The van der Waals surface area contributed by atoms with Gasteiger partial charge in [-0.3, -0.25) is 0 Å². The first-order valence-corrected chi connectivity index (χ1v) is 6.69. The highest BCUT2D eigenvalue weighted by Crippen LogP contribution is 2.33. The molecule has 1 aliphatic heterocycles. The van der Waals surface area contributed by atoms with E-state index in [9.17, 15) is 13.2 Å². The predicted octanol–water partition coefficient (Wildman–Crippen LogP) is 2.62. The summed E-state index contributed by atoms with van der Waals surface area (Å²) >= 11 is 1.80.